The molecule has 0 saturated carbocycles. The van der Waals surface area contributed by atoms with Crippen molar-refractivity contribution in [3.63, 3.8) is 0 Å². The van der Waals surface area contributed by atoms with E-state index in [-0.39, 0.29) is 0 Å². The van der Waals surface area contributed by atoms with Crippen LogP contribution in [0.3, 0.4) is 0 Å². The zero-order valence-electron chi connectivity index (χ0n) is 10.8. The van der Waals surface area contributed by atoms with Gasteiger partial charge in [-0.1, -0.05) is 32.0 Å². The molecule has 0 amide bonds. The summed E-state index contributed by atoms with van der Waals surface area (Å²) in [6.07, 6.45) is 0. The lowest BCUT2D eigenvalue weighted by atomic mass is 9.99. The summed E-state index contributed by atoms with van der Waals surface area (Å²) < 4.78 is 11.2. The van der Waals surface area contributed by atoms with Crippen LogP contribution < -0.4 is 4.74 Å². The molecule has 0 aromatic heterocycles. The Balaban J connectivity index is 2.95. The van der Waals surface area contributed by atoms with Crippen molar-refractivity contribution in [3.05, 3.63) is 29.3 Å². The fraction of sp³-hybridized carbons (Fsp3) is 0.538. The lowest BCUT2D eigenvalue weighted by molar-refractivity contribution is 0.302. The highest BCUT2D eigenvalue weighted by molar-refractivity contribution is 6.48. The summed E-state index contributed by atoms with van der Waals surface area (Å²) in [4.78, 5) is 0. The van der Waals surface area contributed by atoms with E-state index in [4.69, 9.17) is 9.16 Å². The molecule has 0 aliphatic rings. The molecule has 0 fully saturated rings. The van der Waals surface area contributed by atoms with Crippen molar-refractivity contribution in [2.24, 2.45) is 0 Å². The van der Waals surface area contributed by atoms with Crippen LogP contribution in [0.2, 0.25) is 13.1 Å². The molecule has 1 aromatic rings. The van der Waals surface area contributed by atoms with Crippen molar-refractivity contribution in [2.45, 2.75) is 39.5 Å². The fourth-order valence-corrected chi connectivity index (χ4v) is 2.09. The molecule has 0 N–H and O–H groups in total. The van der Waals surface area contributed by atoms with Crippen molar-refractivity contribution < 1.29 is 9.16 Å². The summed E-state index contributed by atoms with van der Waals surface area (Å²) in [6, 6.07) is 6.28. The van der Waals surface area contributed by atoms with E-state index in [0.717, 1.165) is 11.3 Å². The number of hydrogen-bond acceptors (Lipinski definition) is 2. The monoisotopic (exact) mass is 237 g/mol. The van der Waals surface area contributed by atoms with Crippen molar-refractivity contribution >= 4 is 9.04 Å². The third-order valence-electron chi connectivity index (χ3n) is 2.47. The van der Waals surface area contributed by atoms with Gasteiger partial charge in [0.25, 0.3) is 0 Å². The number of methoxy groups -OCH3 is 1. The van der Waals surface area contributed by atoms with Crippen molar-refractivity contribution in [3.8, 4) is 5.75 Å². The minimum absolute atomic E-state index is 0.475. The summed E-state index contributed by atoms with van der Waals surface area (Å²) in [5, 5.41) is 0. The average molecular weight is 237 g/mol. The number of benzene rings is 1. The van der Waals surface area contributed by atoms with E-state index in [9.17, 15) is 0 Å². The van der Waals surface area contributed by atoms with Crippen LogP contribution >= 0.6 is 0 Å². The van der Waals surface area contributed by atoms with Gasteiger partial charge in [0.2, 0.25) is 9.04 Å². The van der Waals surface area contributed by atoms with Crippen molar-refractivity contribution in [1.29, 1.82) is 0 Å². The number of rotatable bonds is 5. The van der Waals surface area contributed by atoms with Gasteiger partial charge in [-0.15, -0.1) is 0 Å². The molecule has 0 heterocycles. The lowest BCUT2D eigenvalue weighted by Crippen LogP contribution is -2.08. The van der Waals surface area contributed by atoms with Crippen LogP contribution in [0, 0.1) is 0 Å². The molecule has 1 rings (SSSR count). The van der Waals surface area contributed by atoms with E-state index >= 15 is 0 Å². The number of ether oxygens (including phenoxy) is 1. The molecule has 1 aromatic carbocycles. The second-order valence-corrected chi connectivity index (χ2v) is 6.50. The molecule has 0 bridgehead atoms. The smallest absolute Gasteiger partial charge is 0.205 e. The minimum atomic E-state index is -0.645. The summed E-state index contributed by atoms with van der Waals surface area (Å²) in [5.74, 6) is 1.46. The van der Waals surface area contributed by atoms with E-state index in [1.807, 2.05) is 0 Å². The summed E-state index contributed by atoms with van der Waals surface area (Å²) >= 11 is 0. The lowest BCUT2D eigenvalue weighted by Gasteiger charge is -2.16. The first kappa shape index (κ1) is 13.3. The fourth-order valence-electron chi connectivity index (χ4n) is 1.64. The molecule has 0 aliphatic heterocycles. The van der Waals surface area contributed by atoms with Gasteiger partial charge < -0.3 is 9.16 Å². The van der Waals surface area contributed by atoms with Gasteiger partial charge in [0.05, 0.1) is 13.7 Å². The first-order chi connectivity index (χ1) is 7.56. The van der Waals surface area contributed by atoms with Gasteiger partial charge in [0.15, 0.2) is 0 Å². The van der Waals surface area contributed by atoms with Crippen LogP contribution in [0.1, 0.15) is 30.9 Å². The largest absolute Gasteiger partial charge is 0.496 e. The second-order valence-electron chi connectivity index (χ2n) is 4.39. The highest BCUT2D eigenvalue weighted by atomic mass is 28.3. The third kappa shape index (κ3) is 3.35. The van der Waals surface area contributed by atoms with Gasteiger partial charge in [-0.3, -0.25) is 0 Å². The normalized spacial score (nSPS) is 11.2. The zero-order valence-corrected chi connectivity index (χ0v) is 11.8. The van der Waals surface area contributed by atoms with Crippen LogP contribution in [0.25, 0.3) is 0 Å². The molecule has 1 radical (unpaired) electrons. The molecular formula is C13H21O2Si. The molecule has 0 aliphatic carbocycles. The van der Waals surface area contributed by atoms with Gasteiger partial charge in [-0.25, -0.2) is 0 Å². The van der Waals surface area contributed by atoms with Crippen LogP contribution in [0.5, 0.6) is 5.75 Å². The molecule has 0 saturated heterocycles. The van der Waals surface area contributed by atoms with Crippen molar-refractivity contribution in [1.82, 2.24) is 0 Å². The first-order valence-corrected chi connectivity index (χ1v) is 8.05. The maximum atomic E-state index is 5.73. The Kier molecular flexibility index (Phi) is 5.02. The molecule has 2 nitrogen and oxygen atoms in total. The van der Waals surface area contributed by atoms with Gasteiger partial charge in [0, 0.05) is 5.56 Å². The van der Waals surface area contributed by atoms with Gasteiger partial charge in [-0.2, -0.15) is 0 Å². The second kappa shape index (κ2) is 6.06. The first-order valence-electron chi connectivity index (χ1n) is 5.65. The standard InChI is InChI=1S/C13H21O2Si/c1-10(2)12-8-6-7-11(13(12)14-3)9-15-16(4)5/h6-8,10H,9H2,1-5H3. The maximum absolute atomic E-state index is 5.73. The van der Waals surface area contributed by atoms with Gasteiger partial charge >= 0.3 is 0 Å². The summed E-state index contributed by atoms with van der Waals surface area (Å²) in [5.41, 5.74) is 2.41. The Hall–Kier alpha value is -0.803. The topological polar surface area (TPSA) is 18.5 Å². The highest BCUT2D eigenvalue weighted by Crippen LogP contribution is 2.30. The van der Waals surface area contributed by atoms with Crippen LogP contribution in [-0.4, -0.2) is 16.2 Å². The van der Waals surface area contributed by atoms with E-state index in [1.54, 1.807) is 7.11 Å². The molecule has 0 spiro atoms. The number of hydrogen-bond donors (Lipinski definition) is 0. The Bertz CT molecular complexity index is 335. The highest BCUT2D eigenvalue weighted by Gasteiger charge is 2.12. The third-order valence-corrected chi connectivity index (χ3v) is 3.19. The summed E-state index contributed by atoms with van der Waals surface area (Å²) in [7, 11) is 1.09. The minimum Gasteiger partial charge on any atom is -0.496 e. The van der Waals surface area contributed by atoms with Crippen molar-refractivity contribution in [2.75, 3.05) is 7.11 Å². The number of para-hydroxylation sites is 1. The Labute approximate surface area is 100 Å². The van der Waals surface area contributed by atoms with Gasteiger partial charge in [0.1, 0.15) is 5.75 Å². The molecular weight excluding hydrogens is 216 g/mol. The molecule has 0 atom stereocenters. The SMILES string of the molecule is COc1c(CO[Si](C)C)cccc1C(C)C. The van der Waals surface area contributed by atoms with Gasteiger partial charge in [-0.05, 0) is 24.6 Å². The predicted molar refractivity (Wildman–Crippen MR) is 69.4 cm³/mol. The molecule has 89 valence electrons. The predicted octanol–water partition coefficient (Wildman–Crippen LogP) is 3.59. The Morgan fingerprint density at radius 3 is 2.44 bits per heavy atom. The van der Waals surface area contributed by atoms with E-state index in [0.29, 0.717) is 12.5 Å². The summed E-state index contributed by atoms with van der Waals surface area (Å²) in [6.45, 7) is 9.30. The van der Waals surface area contributed by atoms with Crippen LogP contribution in [0.4, 0.5) is 0 Å². The Morgan fingerprint density at radius 2 is 1.94 bits per heavy atom. The zero-order chi connectivity index (χ0) is 12.1. The van der Waals surface area contributed by atoms with E-state index in [2.05, 4.69) is 45.1 Å². The van der Waals surface area contributed by atoms with Crippen LogP contribution in [0.15, 0.2) is 18.2 Å². The van der Waals surface area contributed by atoms with E-state index < -0.39 is 9.04 Å². The molecule has 0 unspecified atom stereocenters. The molecule has 16 heavy (non-hydrogen) atoms. The quantitative estimate of drug-likeness (QED) is 0.729. The average Bonchev–Trinajstić information content (AvgIpc) is 2.25. The van der Waals surface area contributed by atoms with E-state index in [1.165, 1.54) is 5.56 Å². The van der Waals surface area contributed by atoms with Crippen LogP contribution in [-0.2, 0) is 11.0 Å². The maximum Gasteiger partial charge on any atom is 0.205 e. The Morgan fingerprint density at radius 1 is 1.25 bits per heavy atom. The molecule has 3 heteroatoms.